The number of aryl methyl sites for hydroxylation is 1. The van der Waals surface area contributed by atoms with Gasteiger partial charge in [-0.3, -0.25) is 4.90 Å². The summed E-state index contributed by atoms with van der Waals surface area (Å²) in [5, 5.41) is 17.2. The lowest BCUT2D eigenvalue weighted by atomic mass is 9.83. The quantitative estimate of drug-likeness (QED) is 0.443. The molecule has 17 heteroatoms. The molecule has 2 amide bonds. The number of benzene rings is 1. The van der Waals surface area contributed by atoms with E-state index in [4.69, 9.17) is 29.5 Å². The molecule has 41 heavy (non-hydrogen) atoms. The van der Waals surface area contributed by atoms with Gasteiger partial charge in [-0.05, 0) is 38.9 Å². The third-order valence-electron chi connectivity index (χ3n) is 6.54. The van der Waals surface area contributed by atoms with Gasteiger partial charge in [0.1, 0.15) is 11.6 Å². The van der Waals surface area contributed by atoms with Crippen LogP contribution in [0.3, 0.4) is 0 Å². The van der Waals surface area contributed by atoms with Crippen molar-refractivity contribution in [1.29, 1.82) is 0 Å². The molecule has 1 fully saturated rings. The number of methoxy groups -OCH3 is 1. The van der Waals surface area contributed by atoms with Crippen LogP contribution in [0, 0.1) is 6.92 Å². The van der Waals surface area contributed by atoms with Gasteiger partial charge in [0.05, 0.1) is 12.6 Å². The predicted octanol–water partition coefficient (Wildman–Crippen LogP) is 3.94. The number of hydrogen-bond acceptors (Lipinski definition) is 6. The van der Waals surface area contributed by atoms with Crippen molar-refractivity contribution in [1.82, 2.24) is 19.4 Å². The fourth-order valence-corrected chi connectivity index (χ4v) is 4.34. The Labute approximate surface area is 230 Å². The van der Waals surface area contributed by atoms with Crippen molar-refractivity contribution in [2.45, 2.75) is 44.2 Å². The summed E-state index contributed by atoms with van der Waals surface area (Å²) >= 11 is 0. The van der Waals surface area contributed by atoms with Gasteiger partial charge in [0.15, 0.2) is 0 Å². The highest BCUT2D eigenvalue weighted by Gasteiger charge is 2.46. The van der Waals surface area contributed by atoms with E-state index >= 15 is 0 Å². The van der Waals surface area contributed by atoms with Crippen LogP contribution in [0.2, 0.25) is 0 Å². The Morgan fingerprint density at radius 1 is 0.976 bits per heavy atom. The highest BCUT2D eigenvalue weighted by Crippen LogP contribution is 2.40. The average molecular weight is 598 g/mol. The number of amides is 2. The molecule has 0 saturated carbocycles. The molecule has 2 aliphatic rings. The highest BCUT2D eigenvalue weighted by atomic mass is 19.4. The third kappa shape index (κ3) is 8.48. The first-order valence-electron chi connectivity index (χ1n) is 12.0. The number of rotatable bonds is 2. The van der Waals surface area contributed by atoms with Crippen LogP contribution < -0.4 is 10.1 Å². The maximum atomic E-state index is 12.7. The number of ether oxygens (including phenoxy) is 1. The minimum atomic E-state index is -5.08. The van der Waals surface area contributed by atoms with Gasteiger partial charge in [-0.25, -0.2) is 19.4 Å². The first kappa shape index (κ1) is 33.2. The topological polar surface area (TPSA) is 137 Å². The molecular formula is C24H29F6N5O6. The number of piperidine rings is 1. The summed E-state index contributed by atoms with van der Waals surface area (Å²) < 4.78 is 71.0. The molecule has 4 rings (SSSR count). The maximum absolute atomic E-state index is 12.7. The largest absolute Gasteiger partial charge is 0.497 e. The van der Waals surface area contributed by atoms with Crippen LogP contribution in [0.5, 0.6) is 5.75 Å². The van der Waals surface area contributed by atoms with E-state index in [1.807, 2.05) is 35.4 Å². The normalized spacial score (nSPS) is 16.4. The number of likely N-dealkylation sites (tertiary alicyclic amines) is 1. The third-order valence-corrected chi connectivity index (χ3v) is 6.54. The molecule has 11 nitrogen and oxygen atoms in total. The summed E-state index contributed by atoms with van der Waals surface area (Å²) in [6, 6.07) is 7.39. The van der Waals surface area contributed by atoms with Crippen LogP contribution in [0.1, 0.15) is 24.4 Å². The zero-order valence-corrected chi connectivity index (χ0v) is 22.2. The summed E-state index contributed by atoms with van der Waals surface area (Å²) in [7, 11) is 3.80. The number of carboxylic acids is 2. The number of alkyl halides is 6. The van der Waals surface area contributed by atoms with E-state index in [-0.39, 0.29) is 11.6 Å². The molecule has 1 aromatic heterocycles. The number of urea groups is 1. The summed E-state index contributed by atoms with van der Waals surface area (Å²) in [6.07, 6.45) is -6.41. The van der Waals surface area contributed by atoms with E-state index in [1.165, 1.54) is 5.69 Å². The molecular weight excluding hydrogens is 568 g/mol. The number of halogens is 6. The average Bonchev–Trinajstić information content (AvgIpc) is 3.28. The van der Waals surface area contributed by atoms with Gasteiger partial charge in [-0.15, -0.1) is 0 Å². The molecule has 0 aliphatic carbocycles. The fraction of sp³-hybridized carbons (Fsp3) is 0.500. The van der Waals surface area contributed by atoms with Crippen LogP contribution in [0.15, 0.2) is 30.5 Å². The van der Waals surface area contributed by atoms with Gasteiger partial charge in [-0.2, -0.15) is 26.3 Å². The SMILES string of the molecule is COc1cccc(NC(=O)N2CCC3(CC2)c2ncc(C)n2CCN3C)c1.O=C(O)C(F)(F)F.O=C(O)C(F)(F)F. The molecule has 3 heterocycles. The molecule has 0 unspecified atom stereocenters. The van der Waals surface area contributed by atoms with Gasteiger partial charge < -0.3 is 29.7 Å². The van der Waals surface area contributed by atoms with Gasteiger partial charge >= 0.3 is 30.3 Å². The highest BCUT2D eigenvalue weighted by molar-refractivity contribution is 5.89. The van der Waals surface area contributed by atoms with E-state index < -0.39 is 24.3 Å². The van der Waals surface area contributed by atoms with E-state index in [9.17, 15) is 31.1 Å². The number of carbonyl (C=O) groups excluding carboxylic acids is 1. The Hall–Kier alpha value is -4.02. The van der Waals surface area contributed by atoms with Crippen molar-refractivity contribution in [2.75, 3.05) is 39.1 Å². The van der Waals surface area contributed by atoms with Crippen molar-refractivity contribution >= 4 is 23.7 Å². The Morgan fingerprint density at radius 2 is 1.51 bits per heavy atom. The van der Waals surface area contributed by atoms with Gasteiger partial charge in [-0.1, -0.05) is 6.07 Å². The van der Waals surface area contributed by atoms with Crippen molar-refractivity contribution in [3.05, 3.63) is 42.0 Å². The number of aromatic nitrogens is 2. The zero-order chi connectivity index (χ0) is 31.2. The van der Waals surface area contributed by atoms with Crippen LogP contribution in [0.25, 0.3) is 0 Å². The van der Waals surface area contributed by atoms with Gasteiger partial charge in [0.2, 0.25) is 0 Å². The van der Waals surface area contributed by atoms with Crippen molar-refractivity contribution in [3.8, 4) is 5.75 Å². The minimum absolute atomic E-state index is 0.0592. The van der Waals surface area contributed by atoms with Crippen LogP contribution in [-0.2, 0) is 21.7 Å². The predicted molar refractivity (Wildman–Crippen MR) is 131 cm³/mol. The molecule has 228 valence electrons. The minimum Gasteiger partial charge on any atom is -0.497 e. The first-order chi connectivity index (χ1) is 18.9. The lowest BCUT2D eigenvalue weighted by Gasteiger charge is -2.49. The summed E-state index contributed by atoms with van der Waals surface area (Å²) in [5.74, 6) is -3.63. The van der Waals surface area contributed by atoms with Crippen LogP contribution in [0.4, 0.5) is 36.8 Å². The number of likely N-dealkylation sites (N-methyl/N-ethyl adjacent to an activating group) is 1. The fourth-order valence-electron chi connectivity index (χ4n) is 4.34. The van der Waals surface area contributed by atoms with Crippen LogP contribution in [-0.4, -0.2) is 93.7 Å². The number of aliphatic carboxylic acids is 2. The Kier molecular flexibility index (Phi) is 10.6. The monoisotopic (exact) mass is 597 g/mol. The summed E-state index contributed by atoms with van der Waals surface area (Å²) in [5.41, 5.74) is 1.90. The Morgan fingerprint density at radius 3 is 2.00 bits per heavy atom. The molecule has 3 N–H and O–H groups in total. The molecule has 1 spiro atoms. The molecule has 0 bridgehead atoms. The Balaban J connectivity index is 0.000000349. The smallest absolute Gasteiger partial charge is 0.490 e. The molecule has 1 aromatic carbocycles. The number of carbonyl (C=O) groups is 3. The van der Waals surface area contributed by atoms with Crippen LogP contribution >= 0.6 is 0 Å². The number of nitrogens with one attached hydrogen (secondary N) is 1. The van der Waals surface area contributed by atoms with Gasteiger partial charge in [0.25, 0.3) is 0 Å². The van der Waals surface area contributed by atoms with E-state index in [0.29, 0.717) is 13.1 Å². The van der Waals surface area contributed by atoms with Crippen molar-refractivity contribution in [3.63, 3.8) is 0 Å². The van der Waals surface area contributed by atoms with Crippen molar-refractivity contribution in [2.24, 2.45) is 0 Å². The molecule has 1 saturated heterocycles. The maximum Gasteiger partial charge on any atom is 0.490 e. The zero-order valence-electron chi connectivity index (χ0n) is 22.2. The van der Waals surface area contributed by atoms with E-state index in [2.05, 4.69) is 28.8 Å². The number of hydrogen-bond donors (Lipinski definition) is 3. The standard InChI is InChI=1S/C20H27N5O2.2C2HF3O2/c1-15-14-21-18-20(23(2)11-12-25(15)18)7-9-24(10-8-20)19(26)22-16-5-4-6-17(13-16)27-3;2*3-2(4,5)1(6)7/h4-6,13-14H,7-12H2,1-3H3,(H,22,26);2*(H,6,7). The lowest BCUT2D eigenvalue weighted by molar-refractivity contribution is -0.193. The molecule has 2 aromatic rings. The van der Waals surface area contributed by atoms with E-state index in [1.54, 1.807) is 7.11 Å². The van der Waals surface area contributed by atoms with Crippen molar-refractivity contribution < 1.29 is 55.7 Å². The lowest BCUT2D eigenvalue weighted by Crippen LogP contribution is -2.57. The molecule has 0 atom stereocenters. The molecule has 2 aliphatic heterocycles. The second-order valence-corrected chi connectivity index (χ2v) is 9.08. The van der Waals surface area contributed by atoms with Gasteiger partial charge in [0, 0.05) is 49.8 Å². The number of nitrogens with zero attached hydrogens (tertiary/aromatic N) is 4. The number of imidazole rings is 1. The van der Waals surface area contributed by atoms with E-state index in [0.717, 1.165) is 43.2 Å². The number of fused-ring (bicyclic) bond motifs is 2. The second-order valence-electron chi connectivity index (χ2n) is 9.08. The summed E-state index contributed by atoms with van der Waals surface area (Å²) in [4.78, 5) is 39.5. The summed E-state index contributed by atoms with van der Waals surface area (Å²) in [6.45, 7) is 5.55. The number of anilines is 1. The number of carboxylic acid groups (broad SMARTS) is 2. The first-order valence-corrected chi connectivity index (χ1v) is 12.0. The Bertz CT molecular complexity index is 1200. The molecule has 0 radical (unpaired) electrons. The second kappa shape index (κ2) is 13.1.